The number of halogens is 1. The molecule has 1 aromatic heterocycles. The van der Waals surface area contributed by atoms with E-state index in [-0.39, 0.29) is 19.2 Å². The molecule has 0 fully saturated rings. The van der Waals surface area contributed by atoms with E-state index in [0.717, 1.165) is 8.25 Å². The van der Waals surface area contributed by atoms with Gasteiger partial charge in [-0.25, -0.2) is 0 Å². The van der Waals surface area contributed by atoms with E-state index in [0.29, 0.717) is 16.5 Å². The standard InChI is InChI=1S/C17H13IN4O4/c18-13-7-3-1-5-11(13)16(24)19-9-15(23)26-10-22-17(25)12-6-2-4-8-14(12)20-21-22/h1-8H,9-10H2,(H,19,24). The summed E-state index contributed by atoms with van der Waals surface area (Å²) in [5.74, 6) is -1.07. The monoisotopic (exact) mass is 464 g/mol. The molecule has 1 amide bonds. The molecule has 9 heteroatoms. The molecule has 0 atom stereocenters. The van der Waals surface area contributed by atoms with Gasteiger partial charge in [0.15, 0.2) is 6.73 Å². The number of carbonyl (C=O) groups is 2. The van der Waals surface area contributed by atoms with Crippen LogP contribution in [0.5, 0.6) is 0 Å². The summed E-state index contributed by atoms with van der Waals surface area (Å²) >= 11 is 2.04. The number of rotatable bonds is 5. The van der Waals surface area contributed by atoms with Gasteiger partial charge in [0.05, 0.1) is 10.9 Å². The Hall–Kier alpha value is -2.82. The van der Waals surface area contributed by atoms with Gasteiger partial charge >= 0.3 is 5.97 Å². The average Bonchev–Trinajstić information content (AvgIpc) is 2.66. The van der Waals surface area contributed by atoms with Gasteiger partial charge in [-0.3, -0.25) is 14.4 Å². The Morgan fingerprint density at radius 2 is 1.85 bits per heavy atom. The van der Waals surface area contributed by atoms with Crippen molar-refractivity contribution in [3.05, 3.63) is 68.0 Å². The van der Waals surface area contributed by atoms with Crippen LogP contribution in [0, 0.1) is 3.57 Å². The van der Waals surface area contributed by atoms with Crippen LogP contribution >= 0.6 is 22.6 Å². The summed E-state index contributed by atoms with van der Waals surface area (Å²) in [5.41, 5.74) is 0.522. The van der Waals surface area contributed by atoms with Crippen molar-refractivity contribution in [2.24, 2.45) is 0 Å². The summed E-state index contributed by atoms with van der Waals surface area (Å²) in [5, 5.41) is 10.5. The molecule has 1 N–H and O–H groups in total. The van der Waals surface area contributed by atoms with Crippen LogP contribution in [0.2, 0.25) is 0 Å². The number of fused-ring (bicyclic) bond motifs is 1. The maximum atomic E-state index is 12.2. The number of ether oxygens (including phenoxy) is 1. The van der Waals surface area contributed by atoms with E-state index in [1.807, 2.05) is 28.7 Å². The largest absolute Gasteiger partial charge is 0.441 e. The first-order valence-electron chi connectivity index (χ1n) is 7.57. The van der Waals surface area contributed by atoms with Crippen LogP contribution in [0.25, 0.3) is 10.9 Å². The van der Waals surface area contributed by atoms with Gasteiger partial charge < -0.3 is 10.1 Å². The van der Waals surface area contributed by atoms with Crippen LogP contribution in [-0.4, -0.2) is 33.4 Å². The highest BCUT2D eigenvalue weighted by molar-refractivity contribution is 14.1. The Bertz CT molecular complexity index is 1030. The maximum Gasteiger partial charge on any atom is 0.327 e. The van der Waals surface area contributed by atoms with Crippen LogP contribution in [0.15, 0.2) is 53.3 Å². The van der Waals surface area contributed by atoms with Gasteiger partial charge in [-0.15, -0.1) is 5.10 Å². The smallest absolute Gasteiger partial charge is 0.327 e. The van der Waals surface area contributed by atoms with E-state index in [9.17, 15) is 14.4 Å². The number of hydrogen-bond donors (Lipinski definition) is 1. The van der Waals surface area contributed by atoms with Crippen molar-refractivity contribution in [3.63, 3.8) is 0 Å². The number of amides is 1. The molecule has 26 heavy (non-hydrogen) atoms. The molecule has 1 heterocycles. The van der Waals surface area contributed by atoms with Crippen molar-refractivity contribution in [2.75, 3.05) is 6.54 Å². The lowest BCUT2D eigenvalue weighted by Gasteiger charge is -2.08. The number of benzene rings is 2. The van der Waals surface area contributed by atoms with Gasteiger partial charge in [-0.2, -0.15) is 4.68 Å². The SMILES string of the molecule is O=C(CNC(=O)c1ccccc1I)OCn1nnc2ccccc2c1=O. The van der Waals surface area contributed by atoms with Gasteiger partial charge in [0.2, 0.25) is 0 Å². The molecule has 0 unspecified atom stereocenters. The number of nitrogens with one attached hydrogen (secondary N) is 1. The van der Waals surface area contributed by atoms with E-state index < -0.39 is 11.5 Å². The normalized spacial score (nSPS) is 10.5. The van der Waals surface area contributed by atoms with Crippen molar-refractivity contribution >= 4 is 45.4 Å². The lowest BCUT2D eigenvalue weighted by Crippen LogP contribution is -2.33. The van der Waals surface area contributed by atoms with Gasteiger partial charge in [0, 0.05) is 3.57 Å². The first-order chi connectivity index (χ1) is 12.6. The molecule has 0 bridgehead atoms. The number of esters is 1. The van der Waals surface area contributed by atoms with Gasteiger partial charge in [-0.1, -0.05) is 29.5 Å². The molecule has 8 nitrogen and oxygen atoms in total. The number of hydrogen-bond acceptors (Lipinski definition) is 6. The van der Waals surface area contributed by atoms with Gasteiger partial charge in [0.1, 0.15) is 12.1 Å². The van der Waals surface area contributed by atoms with Crippen molar-refractivity contribution in [2.45, 2.75) is 6.73 Å². The molecule has 0 saturated carbocycles. The van der Waals surface area contributed by atoms with Crippen LogP contribution < -0.4 is 10.9 Å². The van der Waals surface area contributed by atoms with E-state index in [1.165, 1.54) is 0 Å². The number of aromatic nitrogens is 3. The molecule has 0 aliphatic carbocycles. The van der Waals surface area contributed by atoms with Crippen LogP contribution in [0.1, 0.15) is 10.4 Å². The first kappa shape index (κ1) is 18.0. The Morgan fingerprint density at radius 3 is 2.65 bits per heavy atom. The lowest BCUT2D eigenvalue weighted by molar-refractivity contribution is -0.146. The molecular weight excluding hydrogens is 451 g/mol. The Labute approximate surface area is 161 Å². The summed E-state index contributed by atoms with van der Waals surface area (Å²) in [6.45, 7) is -0.701. The molecule has 3 aromatic rings. The summed E-state index contributed by atoms with van der Waals surface area (Å²) in [6, 6.07) is 13.7. The topological polar surface area (TPSA) is 103 Å². The molecule has 0 radical (unpaired) electrons. The third-order valence-electron chi connectivity index (χ3n) is 3.49. The fourth-order valence-electron chi connectivity index (χ4n) is 2.19. The second-order valence-corrected chi connectivity index (χ2v) is 6.38. The Morgan fingerprint density at radius 1 is 1.12 bits per heavy atom. The fraction of sp³-hybridized carbons (Fsp3) is 0.118. The Kier molecular flexibility index (Phi) is 5.56. The van der Waals surface area contributed by atoms with Crippen molar-refractivity contribution < 1.29 is 14.3 Å². The minimum absolute atomic E-state index is 0.320. The highest BCUT2D eigenvalue weighted by Gasteiger charge is 2.12. The second-order valence-electron chi connectivity index (χ2n) is 5.22. The van der Waals surface area contributed by atoms with E-state index >= 15 is 0 Å². The van der Waals surface area contributed by atoms with Gasteiger partial charge in [0.25, 0.3) is 11.5 Å². The minimum Gasteiger partial charge on any atom is -0.441 e. The lowest BCUT2D eigenvalue weighted by atomic mass is 10.2. The average molecular weight is 464 g/mol. The van der Waals surface area contributed by atoms with Crippen molar-refractivity contribution in [1.29, 1.82) is 0 Å². The number of carbonyl (C=O) groups excluding carboxylic acids is 2. The third kappa shape index (κ3) is 4.04. The van der Waals surface area contributed by atoms with Crippen LogP contribution in [0.4, 0.5) is 0 Å². The zero-order valence-corrected chi connectivity index (χ0v) is 15.5. The maximum absolute atomic E-state index is 12.2. The predicted molar refractivity (Wildman–Crippen MR) is 101 cm³/mol. The molecule has 0 aliphatic rings. The van der Waals surface area contributed by atoms with E-state index in [2.05, 4.69) is 15.6 Å². The van der Waals surface area contributed by atoms with Crippen LogP contribution in [-0.2, 0) is 16.3 Å². The zero-order valence-electron chi connectivity index (χ0n) is 13.4. The highest BCUT2D eigenvalue weighted by atomic mass is 127. The van der Waals surface area contributed by atoms with Crippen molar-refractivity contribution in [1.82, 2.24) is 20.3 Å². The minimum atomic E-state index is -0.689. The molecular formula is C17H13IN4O4. The van der Waals surface area contributed by atoms with Gasteiger partial charge in [-0.05, 0) is 46.9 Å². The highest BCUT2D eigenvalue weighted by Crippen LogP contribution is 2.10. The van der Waals surface area contributed by atoms with E-state index in [4.69, 9.17) is 4.74 Å². The Balaban J connectivity index is 1.58. The molecule has 2 aromatic carbocycles. The molecule has 0 spiro atoms. The summed E-state index contributed by atoms with van der Waals surface area (Å²) in [4.78, 5) is 36.1. The molecule has 0 aliphatic heterocycles. The molecule has 0 saturated heterocycles. The summed E-state index contributed by atoms with van der Waals surface area (Å²) < 4.78 is 6.70. The summed E-state index contributed by atoms with van der Waals surface area (Å²) in [7, 11) is 0. The third-order valence-corrected chi connectivity index (χ3v) is 4.43. The second kappa shape index (κ2) is 8.04. The zero-order chi connectivity index (χ0) is 18.5. The quantitative estimate of drug-likeness (QED) is 0.452. The predicted octanol–water partition coefficient (Wildman–Crippen LogP) is 1.33. The van der Waals surface area contributed by atoms with Crippen LogP contribution in [0.3, 0.4) is 0 Å². The molecule has 3 rings (SSSR count). The summed E-state index contributed by atoms with van der Waals surface area (Å²) in [6.07, 6.45) is 0. The number of nitrogens with zero attached hydrogens (tertiary/aromatic N) is 3. The first-order valence-corrected chi connectivity index (χ1v) is 8.65. The molecule has 132 valence electrons. The van der Waals surface area contributed by atoms with Crippen molar-refractivity contribution in [3.8, 4) is 0 Å². The fourth-order valence-corrected chi connectivity index (χ4v) is 2.82. The van der Waals surface area contributed by atoms with E-state index in [1.54, 1.807) is 42.5 Å².